The number of hydrogen-bond acceptors (Lipinski definition) is 6. The maximum atomic E-state index is 5.52. The Hall–Kier alpha value is -4.46. The molecule has 34 heavy (non-hydrogen) atoms. The summed E-state index contributed by atoms with van der Waals surface area (Å²) in [6, 6.07) is 19.8. The second kappa shape index (κ2) is 8.82. The molecule has 5 aromatic rings. The molecule has 0 spiro atoms. The zero-order chi connectivity index (χ0) is 23.7. The first kappa shape index (κ1) is 21.4. The highest BCUT2D eigenvalue weighted by Crippen LogP contribution is 2.32. The van der Waals surface area contributed by atoms with Crippen LogP contribution in [0.5, 0.6) is 11.5 Å². The molecule has 3 aromatic carbocycles. The summed E-state index contributed by atoms with van der Waals surface area (Å²) in [6.45, 7) is 4.04. The third kappa shape index (κ3) is 4.01. The Morgan fingerprint density at radius 3 is 1.53 bits per heavy atom. The molecule has 0 saturated carbocycles. The number of methoxy groups -OCH3 is 2. The van der Waals surface area contributed by atoms with Gasteiger partial charge in [-0.3, -0.25) is 10.2 Å². The van der Waals surface area contributed by atoms with E-state index in [2.05, 4.69) is 20.4 Å². The molecule has 8 nitrogen and oxygen atoms in total. The molecular formula is C26H24N6O2. The van der Waals surface area contributed by atoms with Gasteiger partial charge in [-0.25, -0.2) is 9.97 Å². The van der Waals surface area contributed by atoms with Crippen molar-refractivity contribution in [2.75, 3.05) is 14.2 Å². The van der Waals surface area contributed by atoms with Crippen LogP contribution in [0.2, 0.25) is 0 Å². The molecule has 8 heteroatoms. The number of ether oxygens (including phenoxy) is 2. The summed E-state index contributed by atoms with van der Waals surface area (Å²) in [5.74, 6) is 3.94. The fourth-order valence-electron chi connectivity index (χ4n) is 3.81. The summed E-state index contributed by atoms with van der Waals surface area (Å²) in [5, 5.41) is 14.9. The van der Waals surface area contributed by atoms with Gasteiger partial charge in [-0.2, -0.15) is 10.2 Å². The van der Waals surface area contributed by atoms with Crippen LogP contribution in [0.4, 0.5) is 0 Å². The second-order valence-electron chi connectivity index (χ2n) is 8.00. The highest BCUT2D eigenvalue weighted by atomic mass is 16.5. The molecule has 0 fully saturated rings. The van der Waals surface area contributed by atoms with Crippen LogP contribution >= 0.6 is 0 Å². The smallest absolute Gasteiger partial charge is 0.181 e. The Balaban J connectivity index is 1.46. The van der Waals surface area contributed by atoms with E-state index >= 15 is 0 Å². The van der Waals surface area contributed by atoms with E-state index in [1.807, 2.05) is 74.5 Å². The molecule has 0 aliphatic carbocycles. The van der Waals surface area contributed by atoms with Gasteiger partial charge in [-0.05, 0) is 55.3 Å². The van der Waals surface area contributed by atoms with Crippen LogP contribution in [0.15, 0.2) is 60.7 Å². The van der Waals surface area contributed by atoms with E-state index in [0.29, 0.717) is 23.3 Å². The molecular weight excluding hydrogens is 428 g/mol. The molecule has 0 bridgehead atoms. The number of nitrogens with one attached hydrogen (secondary N) is 2. The largest absolute Gasteiger partial charge is 0.496 e. The first-order valence-corrected chi connectivity index (χ1v) is 10.8. The van der Waals surface area contributed by atoms with Crippen molar-refractivity contribution >= 4 is 0 Å². The highest BCUT2D eigenvalue weighted by molar-refractivity contribution is 5.71. The summed E-state index contributed by atoms with van der Waals surface area (Å²) >= 11 is 0. The van der Waals surface area contributed by atoms with E-state index in [4.69, 9.17) is 19.4 Å². The van der Waals surface area contributed by atoms with Gasteiger partial charge in [-0.1, -0.05) is 30.3 Å². The lowest BCUT2D eigenvalue weighted by molar-refractivity contribution is 0.415. The second-order valence-corrected chi connectivity index (χ2v) is 8.00. The van der Waals surface area contributed by atoms with Crippen molar-refractivity contribution in [3.63, 3.8) is 0 Å². The van der Waals surface area contributed by atoms with Gasteiger partial charge in [0.05, 0.1) is 25.3 Å². The fourth-order valence-corrected chi connectivity index (χ4v) is 3.81. The number of nitrogens with zero attached hydrogens (tertiary/aromatic N) is 4. The van der Waals surface area contributed by atoms with Gasteiger partial charge in [0.15, 0.2) is 23.3 Å². The predicted octanol–water partition coefficient (Wildman–Crippen LogP) is 5.22. The third-order valence-electron chi connectivity index (χ3n) is 5.57. The van der Waals surface area contributed by atoms with Gasteiger partial charge < -0.3 is 9.47 Å². The summed E-state index contributed by atoms with van der Waals surface area (Å²) in [5.41, 5.74) is 5.64. The van der Waals surface area contributed by atoms with Crippen LogP contribution in [0.25, 0.3) is 45.6 Å². The van der Waals surface area contributed by atoms with Crippen molar-refractivity contribution in [1.82, 2.24) is 30.4 Å². The van der Waals surface area contributed by atoms with E-state index in [-0.39, 0.29) is 0 Å². The SMILES string of the molecule is COc1cc(C)ccc1-c1nc(-c2cccc(-c3n[nH]c(-c4ccc(C)cc4OC)n3)c2)n[nH]1. The van der Waals surface area contributed by atoms with Crippen LogP contribution < -0.4 is 9.47 Å². The van der Waals surface area contributed by atoms with Gasteiger partial charge in [-0.15, -0.1) is 0 Å². The molecule has 0 aliphatic heterocycles. The minimum Gasteiger partial charge on any atom is -0.496 e. The van der Waals surface area contributed by atoms with E-state index < -0.39 is 0 Å². The van der Waals surface area contributed by atoms with Crippen molar-refractivity contribution in [1.29, 1.82) is 0 Å². The first-order valence-electron chi connectivity index (χ1n) is 10.8. The average Bonchev–Trinajstić information content (AvgIpc) is 3.54. The van der Waals surface area contributed by atoms with Crippen LogP contribution in [-0.4, -0.2) is 44.6 Å². The zero-order valence-corrected chi connectivity index (χ0v) is 19.4. The molecule has 170 valence electrons. The highest BCUT2D eigenvalue weighted by Gasteiger charge is 2.15. The molecule has 5 rings (SSSR count). The molecule has 2 aromatic heterocycles. The summed E-state index contributed by atoms with van der Waals surface area (Å²) < 4.78 is 11.0. The van der Waals surface area contributed by atoms with Gasteiger partial charge in [0.1, 0.15) is 11.5 Å². The first-order chi connectivity index (χ1) is 16.6. The van der Waals surface area contributed by atoms with E-state index in [1.165, 1.54) is 0 Å². The zero-order valence-electron chi connectivity index (χ0n) is 19.4. The molecule has 0 unspecified atom stereocenters. The minimum absolute atomic E-state index is 0.579. The van der Waals surface area contributed by atoms with Gasteiger partial charge in [0.2, 0.25) is 0 Å². The molecule has 0 atom stereocenters. The molecule has 0 aliphatic rings. The van der Waals surface area contributed by atoms with Gasteiger partial charge in [0, 0.05) is 11.1 Å². The van der Waals surface area contributed by atoms with Crippen molar-refractivity contribution in [2.24, 2.45) is 0 Å². The fraction of sp³-hybridized carbons (Fsp3) is 0.154. The Morgan fingerprint density at radius 1 is 0.618 bits per heavy atom. The van der Waals surface area contributed by atoms with Crippen LogP contribution in [0.1, 0.15) is 11.1 Å². The Bertz CT molecular complexity index is 1360. The van der Waals surface area contributed by atoms with Crippen molar-refractivity contribution in [3.8, 4) is 57.1 Å². The summed E-state index contributed by atoms with van der Waals surface area (Å²) in [7, 11) is 3.30. The molecule has 2 heterocycles. The lowest BCUT2D eigenvalue weighted by Gasteiger charge is -2.06. The predicted molar refractivity (Wildman–Crippen MR) is 131 cm³/mol. The lowest BCUT2D eigenvalue weighted by Crippen LogP contribution is -1.90. The summed E-state index contributed by atoms with van der Waals surface area (Å²) in [6.07, 6.45) is 0. The number of benzene rings is 3. The van der Waals surface area contributed by atoms with E-state index in [1.54, 1.807) is 14.2 Å². The van der Waals surface area contributed by atoms with Gasteiger partial charge >= 0.3 is 0 Å². The van der Waals surface area contributed by atoms with Crippen LogP contribution in [-0.2, 0) is 0 Å². The summed E-state index contributed by atoms with van der Waals surface area (Å²) in [4.78, 5) is 9.39. The van der Waals surface area contributed by atoms with Crippen molar-refractivity contribution in [2.45, 2.75) is 13.8 Å². The minimum atomic E-state index is 0.579. The normalized spacial score (nSPS) is 10.9. The number of aromatic nitrogens is 6. The Kier molecular flexibility index (Phi) is 5.55. The molecule has 0 amide bonds. The number of hydrogen-bond donors (Lipinski definition) is 2. The molecule has 2 N–H and O–H groups in total. The Labute approximate surface area is 197 Å². The third-order valence-corrected chi connectivity index (χ3v) is 5.57. The number of aryl methyl sites for hydroxylation is 2. The maximum absolute atomic E-state index is 5.52. The number of aromatic amines is 2. The number of rotatable bonds is 6. The Morgan fingerprint density at radius 2 is 1.09 bits per heavy atom. The van der Waals surface area contributed by atoms with Crippen molar-refractivity contribution in [3.05, 3.63) is 71.8 Å². The molecule has 0 saturated heterocycles. The monoisotopic (exact) mass is 452 g/mol. The van der Waals surface area contributed by atoms with E-state index in [0.717, 1.165) is 44.9 Å². The topological polar surface area (TPSA) is 102 Å². The van der Waals surface area contributed by atoms with Gasteiger partial charge in [0.25, 0.3) is 0 Å². The van der Waals surface area contributed by atoms with Crippen LogP contribution in [0, 0.1) is 13.8 Å². The lowest BCUT2D eigenvalue weighted by atomic mass is 10.1. The molecule has 0 radical (unpaired) electrons. The standard InChI is InChI=1S/C26H24N6O2/c1-15-8-10-19(21(12-15)33-3)25-27-23(29-31-25)17-6-5-7-18(14-17)24-28-26(32-30-24)20-11-9-16(2)13-22(20)34-4/h5-14H,1-4H3,(H,27,29,31)(H,28,30,32). The van der Waals surface area contributed by atoms with E-state index in [9.17, 15) is 0 Å². The van der Waals surface area contributed by atoms with Crippen LogP contribution in [0.3, 0.4) is 0 Å². The quantitative estimate of drug-likeness (QED) is 0.366. The van der Waals surface area contributed by atoms with Crippen molar-refractivity contribution < 1.29 is 9.47 Å². The number of H-pyrrole nitrogens is 2. The average molecular weight is 453 g/mol. The maximum Gasteiger partial charge on any atom is 0.181 e.